The van der Waals surface area contributed by atoms with E-state index in [4.69, 9.17) is 4.74 Å². The summed E-state index contributed by atoms with van der Waals surface area (Å²) in [4.78, 5) is 2.68. The molecule has 2 heteroatoms. The molecule has 2 saturated heterocycles. The first kappa shape index (κ1) is 10.4. The van der Waals surface area contributed by atoms with Crippen molar-refractivity contribution >= 4 is 0 Å². The van der Waals surface area contributed by atoms with Crippen molar-refractivity contribution in [3.63, 3.8) is 0 Å². The summed E-state index contributed by atoms with van der Waals surface area (Å²) in [5, 5.41) is 0. The largest absolute Gasteiger partial charge is 0.380 e. The maximum atomic E-state index is 5.56. The minimum atomic E-state index is 0.734. The lowest BCUT2D eigenvalue weighted by Crippen LogP contribution is -2.46. The predicted octanol–water partition coefficient (Wildman–Crippen LogP) is 2.29. The molecule has 2 fully saturated rings. The summed E-state index contributed by atoms with van der Waals surface area (Å²) in [6.07, 6.45) is 6.81. The van der Waals surface area contributed by atoms with Gasteiger partial charge in [0.25, 0.3) is 0 Å². The Morgan fingerprint density at radius 3 is 2.93 bits per heavy atom. The monoisotopic (exact) mass is 197 g/mol. The summed E-state index contributed by atoms with van der Waals surface area (Å²) in [7, 11) is 0. The zero-order chi connectivity index (χ0) is 9.80. The van der Waals surface area contributed by atoms with Crippen LogP contribution in [0, 0.1) is 5.92 Å². The van der Waals surface area contributed by atoms with Gasteiger partial charge in [-0.15, -0.1) is 0 Å². The van der Waals surface area contributed by atoms with Crippen molar-refractivity contribution in [1.29, 1.82) is 0 Å². The van der Waals surface area contributed by atoms with Crippen LogP contribution in [0.4, 0.5) is 0 Å². The third kappa shape index (κ3) is 2.48. The van der Waals surface area contributed by atoms with Crippen LogP contribution in [0.1, 0.15) is 39.0 Å². The Bertz CT molecular complexity index is 166. The minimum Gasteiger partial charge on any atom is -0.380 e. The summed E-state index contributed by atoms with van der Waals surface area (Å²) < 4.78 is 5.56. The third-order valence-corrected chi connectivity index (χ3v) is 3.78. The number of piperidine rings is 1. The SMILES string of the molecule is CC[C@H]1CCCN(C2CCCOC2)C1. The van der Waals surface area contributed by atoms with Gasteiger partial charge in [0.15, 0.2) is 0 Å². The molecule has 2 aliphatic rings. The quantitative estimate of drug-likeness (QED) is 0.673. The summed E-state index contributed by atoms with van der Waals surface area (Å²) in [5.74, 6) is 0.950. The second-order valence-electron chi connectivity index (χ2n) is 4.78. The van der Waals surface area contributed by atoms with Crippen LogP contribution in [0.3, 0.4) is 0 Å². The van der Waals surface area contributed by atoms with Gasteiger partial charge in [0.05, 0.1) is 6.61 Å². The first-order valence-electron chi connectivity index (χ1n) is 6.22. The Morgan fingerprint density at radius 2 is 2.21 bits per heavy atom. The molecule has 1 unspecified atom stereocenters. The van der Waals surface area contributed by atoms with Crippen molar-refractivity contribution in [1.82, 2.24) is 4.90 Å². The Morgan fingerprint density at radius 1 is 1.29 bits per heavy atom. The van der Waals surface area contributed by atoms with Gasteiger partial charge < -0.3 is 4.74 Å². The van der Waals surface area contributed by atoms with Gasteiger partial charge in [-0.1, -0.05) is 13.3 Å². The zero-order valence-corrected chi connectivity index (χ0v) is 9.37. The molecule has 2 heterocycles. The van der Waals surface area contributed by atoms with Crippen LogP contribution in [-0.2, 0) is 4.74 Å². The van der Waals surface area contributed by atoms with Crippen LogP contribution in [-0.4, -0.2) is 37.2 Å². The number of nitrogens with zero attached hydrogens (tertiary/aromatic N) is 1. The first-order chi connectivity index (χ1) is 6.90. The molecule has 82 valence electrons. The molecule has 2 nitrogen and oxygen atoms in total. The number of hydrogen-bond acceptors (Lipinski definition) is 2. The van der Waals surface area contributed by atoms with Gasteiger partial charge in [-0.05, 0) is 38.1 Å². The predicted molar refractivity (Wildman–Crippen MR) is 58.4 cm³/mol. The van der Waals surface area contributed by atoms with Gasteiger partial charge in [-0.25, -0.2) is 0 Å². The smallest absolute Gasteiger partial charge is 0.0621 e. The molecular formula is C12H23NO. The second kappa shape index (κ2) is 5.13. The van der Waals surface area contributed by atoms with Crippen LogP contribution in [0.15, 0.2) is 0 Å². The average Bonchev–Trinajstić information content (AvgIpc) is 2.30. The fourth-order valence-corrected chi connectivity index (χ4v) is 2.77. The van der Waals surface area contributed by atoms with Crippen molar-refractivity contribution in [3.8, 4) is 0 Å². The molecule has 2 atom stereocenters. The number of hydrogen-bond donors (Lipinski definition) is 0. The molecule has 0 spiro atoms. The highest BCUT2D eigenvalue weighted by molar-refractivity contribution is 4.80. The van der Waals surface area contributed by atoms with E-state index in [-0.39, 0.29) is 0 Å². The number of likely N-dealkylation sites (tertiary alicyclic amines) is 1. The van der Waals surface area contributed by atoms with Crippen molar-refractivity contribution in [2.45, 2.75) is 45.1 Å². The fraction of sp³-hybridized carbons (Fsp3) is 1.00. The Labute approximate surface area is 87.6 Å². The second-order valence-corrected chi connectivity index (χ2v) is 4.78. The minimum absolute atomic E-state index is 0.734. The normalized spacial score (nSPS) is 35.8. The molecule has 2 rings (SSSR count). The molecule has 0 aromatic heterocycles. The maximum absolute atomic E-state index is 5.56. The molecule has 0 N–H and O–H groups in total. The Balaban J connectivity index is 1.83. The standard InChI is InChI=1S/C12H23NO/c1-2-11-5-3-7-13(9-11)12-6-4-8-14-10-12/h11-12H,2-10H2,1H3/t11-,12?/m0/s1. The van der Waals surface area contributed by atoms with Gasteiger partial charge in [0.1, 0.15) is 0 Å². The fourth-order valence-electron chi connectivity index (χ4n) is 2.77. The molecule has 0 radical (unpaired) electrons. The van der Waals surface area contributed by atoms with E-state index in [0.717, 1.165) is 25.2 Å². The van der Waals surface area contributed by atoms with Gasteiger partial charge in [-0.3, -0.25) is 4.90 Å². The topological polar surface area (TPSA) is 12.5 Å². The van der Waals surface area contributed by atoms with E-state index in [9.17, 15) is 0 Å². The summed E-state index contributed by atoms with van der Waals surface area (Å²) in [6.45, 7) is 6.93. The van der Waals surface area contributed by atoms with E-state index in [0.29, 0.717) is 0 Å². The van der Waals surface area contributed by atoms with Gasteiger partial charge in [-0.2, -0.15) is 0 Å². The van der Waals surface area contributed by atoms with E-state index in [2.05, 4.69) is 11.8 Å². The van der Waals surface area contributed by atoms with Crippen molar-refractivity contribution in [2.75, 3.05) is 26.3 Å². The summed E-state index contributed by atoms with van der Waals surface area (Å²) in [6, 6.07) is 0.734. The maximum Gasteiger partial charge on any atom is 0.0621 e. The highest BCUT2D eigenvalue weighted by Gasteiger charge is 2.26. The van der Waals surface area contributed by atoms with Gasteiger partial charge in [0.2, 0.25) is 0 Å². The number of ether oxygens (including phenoxy) is 1. The zero-order valence-electron chi connectivity index (χ0n) is 9.37. The Hall–Kier alpha value is -0.0800. The first-order valence-corrected chi connectivity index (χ1v) is 6.22. The van der Waals surface area contributed by atoms with Crippen LogP contribution < -0.4 is 0 Å². The highest BCUT2D eigenvalue weighted by Crippen LogP contribution is 2.23. The van der Waals surface area contributed by atoms with E-state index < -0.39 is 0 Å². The number of rotatable bonds is 2. The molecule has 0 aliphatic carbocycles. The molecule has 14 heavy (non-hydrogen) atoms. The van der Waals surface area contributed by atoms with Crippen molar-refractivity contribution in [2.24, 2.45) is 5.92 Å². The lowest BCUT2D eigenvalue weighted by molar-refractivity contribution is 0.00138. The molecular weight excluding hydrogens is 174 g/mol. The molecule has 0 amide bonds. The van der Waals surface area contributed by atoms with Crippen molar-refractivity contribution in [3.05, 3.63) is 0 Å². The Kier molecular flexibility index (Phi) is 3.82. The van der Waals surface area contributed by atoms with E-state index >= 15 is 0 Å². The average molecular weight is 197 g/mol. The molecule has 0 aromatic carbocycles. The van der Waals surface area contributed by atoms with Gasteiger partial charge >= 0.3 is 0 Å². The summed E-state index contributed by atoms with van der Waals surface area (Å²) in [5.41, 5.74) is 0. The molecule has 0 bridgehead atoms. The molecule has 2 aliphatic heterocycles. The van der Waals surface area contributed by atoms with Crippen LogP contribution >= 0.6 is 0 Å². The summed E-state index contributed by atoms with van der Waals surface area (Å²) >= 11 is 0. The van der Waals surface area contributed by atoms with E-state index in [1.165, 1.54) is 45.2 Å². The highest BCUT2D eigenvalue weighted by atomic mass is 16.5. The van der Waals surface area contributed by atoms with Crippen LogP contribution in [0.2, 0.25) is 0 Å². The lowest BCUT2D eigenvalue weighted by atomic mass is 9.93. The van der Waals surface area contributed by atoms with Gasteiger partial charge in [0, 0.05) is 19.2 Å². The van der Waals surface area contributed by atoms with Crippen LogP contribution in [0.25, 0.3) is 0 Å². The van der Waals surface area contributed by atoms with Crippen molar-refractivity contribution < 1.29 is 4.74 Å². The third-order valence-electron chi connectivity index (χ3n) is 3.78. The van der Waals surface area contributed by atoms with Crippen LogP contribution in [0.5, 0.6) is 0 Å². The molecule has 0 aromatic rings. The lowest BCUT2D eigenvalue weighted by Gasteiger charge is -2.39. The molecule has 0 saturated carbocycles. The van der Waals surface area contributed by atoms with E-state index in [1.807, 2.05) is 0 Å². The van der Waals surface area contributed by atoms with E-state index in [1.54, 1.807) is 0 Å².